The van der Waals surface area contributed by atoms with E-state index in [1.165, 1.54) is 71.9 Å². The molecule has 0 bridgehead atoms. The number of benzene rings is 2. The minimum Gasteiger partial charge on any atom is -0.748 e. The van der Waals surface area contributed by atoms with Gasteiger partial charge in [-0.15, -0.1) is 13.2 Å². The van der Waals surface area contributed by atoms with Gasteiger partial charge in [-0.25, -0.2) is 12.1 Å². The van der Waals surface area contributed by atoms with E-state index in [9.17, 15) is 0 Å². The molecule has 2 fully saturated rings. The summed E-state index contributed by atoms with van der Waals surface area (Å²) in [6, 6.07) is 40.2. The minimum absolute atomic E-state index is 0. The third-order valence-corrected chi connectivity index (χ3v) is 14.0. The molecule has 2 aliphatic carbocycles. The maximum Gasteiger partial charge on any atom is 0 e. The smallest absolute Gasteiger partial charge is 0 e. The van der Waals surface area contributed by atoms with E-state index in [-0.39, 0.29) is 17.1 Å². The summed E-state index contributed by atoms with van der Waals surface area (Å²) < 4.78 is 0. The van der Waals surface area contributed by atoms with Gasteiger partial charge in [0.25, 0.3) is 0 Å². The van der Waals surface area contributed by atoms with Crippen molar-refractivity contribution >= 4 is 31.8 Å². The molecular weight excluding hydrogens is 550 g/mol. The van der Waals surface area contributed by atoms with Crippen LogP contribution in [0.2, 0.25) is 0 Å². The van der Waals surface area contributed by atoms with Gasteiger partial charge in [0.2, 0.25) is 0 Å². The quantitative estimate of drug-likeness (QED) is 0.118. The summed E-state index contributed by atoms with van der Waals surface area (Å²) in [5, 5.41) is 4.23. The van der Waals surface area contributed by atoms with E-state index in [0.717, 1.165) is 0 Å². The molecule has 214 valence electrons. The van der Waals surface area contributed by atoms with Crippen LogP contribution in [-0.4, -0.2) is 17.5 Å². The first-order valence-electron chi connectivity index (χ1n) is 14.9. The fraction of sp³-hybridized carbons (Fsp3) is 0.389. The zero-order chi connectivity index (χ0) is 26.3. The molecule has 2 aliphatic rings. The van der Waals surface area contributed by atoms with Gasteiger partial charge in [0.15, 0.2) is 0 Å². The van der Waals surface area contributed by atoms with Crippen molar-refractivity contribution in [2.24, 2.45) is 0 Å². The average Bonchev–Trinajstić information content (AvgIpc) is 3.75. The summed E-state index contributed by atoms with van der Waals surface area (Å²) in [6.45, 7) is 2.47. The predicted molar refractivity (Wildman–Crippen MR) is 174 cm³/mol. The van der Waals surface area contributed by atoms with Crippen LogP contribution >= 0.6 is 15.8 Å². The van der Waals surface area contributed by atoms with Crippen LogP contribution in [0.4, 0.5) is 0 Å². The minimum atomic E-state index is -0.409. The second-order valence-electron chi connectivity index (χ2n) is 10.5. The zero-order valence-electron chi connectivity index (χ0n) is 23.7. The van der Waals surface area contributed by atoms with Gasteiger partial charge in [-0.2, -0.15) is 12.1 Å². The summed E-state index contributed by atoms with van der Waals surface area (Å²) in [4.78, 5) is 0. The van der Waals surface area contributed by atoms with Crippen LogP contribution in [-0.2, 0) is 17.1 Å². The van der Waals surface area contributed by atoms with Crippen molar-refractivity contribution in [1.82, 2.24) is 0 Å². The largest absolute Gasteiger partial charge is 0.748 e. The van der Waals surface area contributed by atoms with Gasteiger partial charge in [0.1, 0.15) is 0 Å². The molecule has 0 N–H and O–H groups in total. The summed E-state index contributed by atoms with van der Waals surface area (Å²) in [5.41, 5.74) is 2.34. The van der Waals surface area contributed by atoms with Crippen molar-refractivity contribution in [2.75, 3.05) is 6.16 Å². The standard InChI is InChI=1S/C17H14P.C14H27P.C5H5.Fe/c1-3-9-15(10-4-1)18(17-13-7-8-14-17)16-11-5-2-6-12-16;1-2-15(13-9-5-3-6-10-13)14-11-7-4-8-12-14;1-2-4-5-3-1;/h1-14H;13-14H,2-12H2,1H3;1-5H;/q-1;;-5;. The van der Waals surface area contributed by atoms with E-state index in [1.54, 1.807) is 25.7 Å². The van der Waals surface area contributed by atoms with Crippen molar-refractivity contribution in [3.05, 3.63) is 115 Å². The van der Waals surface area contributed by atoms with Gasteiger partial charge in [0.05, 0.1) is 0 Å². The van der Waals surface area contributed by atoms with Crippen LogP contribution < -0.4 is 15.9 Å². The molecule has 0 atom stereocenters. The van der Waals surface area contributed by atoms with Crippen LogP contribution in [0.15, 0.2) is 115 Å². The Bertz CT molecular complexity index is 989. The van der Waals surface area contributed by atoms with E-state index >= 15 is 0 Å². The molecule has 0 aliphatic heterocycles. The van der Waals surface area contributed by atoms with Gasteiger partial charge in [-0.05, 0) is 53.8 Å². The van der Waals surface area contributed by atoms with E-state index in [2.05, 4.69) is 91.9 Å². The van der Waals surface area contributed by atoms with Crippen LogP contribution in [0, 0.1) is 0 Å². The summed E-state index contributed by atoms with van der Waals surface area (Å²) in [5.74, 6) is 0. The normalized spacial score (nSPS) is 16.0. The topological polar surface area (TPSA) is 0 Å². The Morgan fingerprint density at radius 2 is 0.974 bits per heavy atom. The van der Waals surface area contributed by atoms with E-state index in [0.29, 0.717) is 7.92 Å². The molecule has 2 saturated carbocycles. The SMILES string of the molecule is CCP(C1CCCCC1)C1CCCCC1.[Fe].[cH-]1[cH-][cH-][cH-][cH-]1.c1ccc(P(c2ccccc2)[c-]2cccc2)cc1. The molecule has 0 saturated heterocycles. The molecule has 6 rings (SSSR count). The monoisotopic (exact) mass is 596 g/mol. The van der Waals surface area contributed by atoms with Crippen molar-refractivity contribution < 1.29 is 17.1 Å². The van der Waals surface area contributed by atoms with Crippen LogP contribution in [0.5, 0.6) is 0 Å². The van der Waals surface area contributed by atoms with E-state index < -0.39 is 7.92 Å². The molecular formula is C36H46FeP2-6. The molecule has 0 nitrogen and oxygen atoms in total. The van der Waals surface area contributed by atoms with Crippen molar-refractivity contribution in [1.29, 1.82) is 0 Å². The van der Waals surface area contributed by atoms with Gasteiger partial charge in [-0.1, -0.05) is 114 Å². The fourth-order valence-electron chi connectivity index (χ4n) is 6.07. The first-order chi connectivity index (χ1) is 18.9. The maximum atomic E-state index is 2.47. The van der Waals surface area contributed by atoms with Crippen LogP contribution in [0.3, 0.4) is 0 Å². The molecule has 3 heteroatoms. The summed E-state index contributed by atoms with van der Waals surface area (Å²) >= 11 is 0. The van der Waals surface area contributed by atoms with Crippen molar-refractivity contribution in [3.8, 4) is 0 Å². The molecule has 4 aromatic carbocycles. The molecule has 0 aromatic heterocycles. The Labute approximate surface area is 251 Å². The molecule has 4 aromatic rings. The Kier molecular flexibility index (Phi) is 15.4. The van der Waals surface area contributed by atoms with Gasteiger partial charge >= 0.3 is 0 Å². The summed E-state index contributed by atoms with van der Waals surface area (Å²) in [6.07, 6.45) is 17.0. The molecule has 0 heterocycles. The van der Waals surface area contributed by atoms with E-state index in [4.69, 9.17) is 0 Å². The van der Waals surface area contributed by atoms with Crippen molar-refractivity contribution in [2.45, 2.75) is 82.4 Å². The number of hydrogen-bond acceptors (Lipinski definition) is 0. The second-order valence-corrected chi connectivity index (χ2v) is 15.9. The third kappa shape index (κ3) is 10.5. The van der Waals surface area contributed by atoms with Gasteiger partial charge in [0, 0.05) is 17.1 Å². The molecule has 0 amide bonds. The van der Waals surface area contributed by atoms with E-state index in [1.807, 2.05) is 30.3 Å². The Morgan fingerprint density at radius 1 is 0.590 bits per heavy atom. The number of hydrogen-bond donors (Lipinski definition) is 0. The van der Waals surface area contributed by atoms with Gasteiger partial charge < -0.3 is 30.3 Å². The van der Waals surface area contributed by atoms with Crippen LogP contribution in [0.1, 0.15) is 71.1 Å². The first-order valence-corrected chi connectivity index (χ1v) is 17.9. The second kappa shape index (κ2) is 18.8. The molecule has 0 spiro atoms. The molecule has 39 heavy (non-hydrogen) atoms. The molecule has 0 unspecified atom stereocenters. The number of rotatable bonds is 6. The third-order valence-electron chi connectivity index (χ3n) is 7.94. The van der Waals surface area contributed by atoms with Gasteiger partial charge in [-0.3, -0.25) is 0 Å². The maximum absolute atomic E-state index is 2.47. The Morgan fingerprint density at radius 3 is 1.33 bits per heavy atom. The fourth-order valence-corrected chi connectivity index (χ4v) is 12.1. The predicted octanol–water partition coefficient (Wildman–Crippen LogP) is 9.72. The molecule has 0 radical (unpaired) electrons. The Balaban J connectivity index is 0.000000181. The first kappa shape index (κ1) is 32.0. The Hall–Kier alpha value is -1.48. The zero-order valence-corrected chi connectivity index (χ0v) is 26.5. The van der Waals surface area contributed by atoms with Crippen molar-refractivity contribution in [3.63, 3.8) is 0 Å². The summed E-state index contributed by atoms with van der Waals surface area (Å²) in [7, 11) is -0.00372. The van der Waals surface area contributed by atoms with Crippen LogP contribution in [0.25, 0.3) is 0 Å². The average molecular weight is 597 g/mol.